The van der Waals surface area contributed by atoms with Crippen LogP contribution >= 0.6 is 0 Å². The maximum atomic E-state index is 13.8. The van der Waals surface area contributed by atoms with Gasteiger partial charge in [-0.3, -0.25) is 0 Å². The molecular weight excluding hydrogens is 265 g/mol. The first kappa shape index (κ1) is 14.1. The molecule has 0 bridgehead atoms. The second-order valence-electron chi connectivity index (χ2n) is 5.66. The highest BCUT2D eigenvalue weighted by molar-refractivity contribution is 5.36. The zero-order valence-corrected chi connectivity index (χ0v) is 12.4. The van der Waals surface area contributed by atoms with Gasteiger partial charge in [-0.15, -0.1) is 0 Å². The van der Waals surface area contributed by atoms with Gasteiger partial charge in [-0.1, -0.05) is 30.3 Å². The molecular formula is C18H20FNO. The standard InChI is InChI=1S/C18H20FNO/c1-12-7-8-14(10-16(12)19)18(20-2)15-9-13-5-3-4-6-17(13)21-11-15/h3-8,10,15,18,20H,9,11H2,1-2H3. The van der Waals surface area contributed by atoms with E-state index >= 15 is 0 Å². The van der Waals surface area contributed by atoms with E-state index in [1.807, 2.05) is 37.4 Å². The fraction of sp³-hybridized carbons (Fsp3) is 0.333. The van der Waals surface area contributed by atoms with E-state index < -0.39 is 0 Å². The molecule has 1 aliphatic rings. The normalized spacial score (nSPS) is 18.7. The van der Waals surface area contributed by atoms with Crippen LogP contribution in [-0.4, -0.2) is 13.7 Å². The van der Waals surface area contributed by atoms with Crippen molar-refractivity contribution in [1.29, 1.82) is 0 Å². The number of halogens is 1. The predicted octanol–water partition coefficient (Wildman–Crippen LogP) is 3.65. The first-order valence-corrected chi connectivity index (χ1v) is 7.33. The van der Waals surface area contributed by atoms with Gasteiger partial charge >= 0.3 is 0 Å². The molecule has 0 aromatic heterocycles. The van der Waals surface area contributed by atoms with Crippen molar-refractivity contribution in [3.8, 4) is 5.75 Å². The van der Waals surface area contributed by atoms with Gasteiger partial charge in [0.25, 0.3) is 0 Å². The molecule has 0 fully saturated rings. The van der Waals surface area contributed by atoms with E-state index in [1.165, 1.54) is 5.56 Å². The highest BCUT2D eigenvalue weighted by atomic mass is 19.1. The third kappa shape index (κ3) is 2.79. The Balaban J connectivity index is 1.86. The Labute approximate surface area is 125 Å². The lowest BCUT2D eigenvalue weighted by Crippen LogP contribution is -2.33. The average molecular weight is 285 g/mol. The number of aryl methyl sites for hydroxylation is 1. The van der Waals surface area contributed by atoms with Crippen LogP contribution in [0.1, 0.15) is 22.7 Å². The van der Waals surface area contributed by atoms with Gasteiger partial charge < -0.3 is 10.1 Å². The van der Waals surface area contributed by atoms with Crippen molar-refractivity contribution in [2.45, 2.75) is 19.4 Å². The summed E-state index contributed by atoms with van der Waals surface area (Å²) in [5.41, 5.74) is 2.88. The smallest absolute Gasteiger partial charge is 0.126 e. The Hall–Kier alpha value is -1.87. The zero-order valence-electron chi connectivity index (χ0n) is 12.4. The molecule has 21 heavy (non-hydrogen) atoms. The summed E-state index contributed by atoms with van der Waals surface area (Å²) < 4.78 is 19.7. The van der Waals surface area contributed by atoms with Gasteiger partial charge in [0.15, 0.2) is 0 Å². The molecule has 2 aromatic rings. The van der Waals surface area contributed by atoms with Crippen molar-refractivity contribution in [3.05, 3.63) is 65.0 Å². The quantitative estimate of drug-likeness (QED) is 0.929. The Bertz CT molecular complexity index is 641. The van der Waals surface area contributed by atoms with E-state index in [4.69, 9.17) is 4.74 Å². The third-order valence-electron chi connectivity index (χ3n) is 4.25. The number of fused-ring (bicyclic) bond motifs is 1. The maximum Gasteiger partial charge on any atom is 0.126 e. The van der Waals surface area contributed by atoms with Crippen molar-refractivity contribution in [2.24, 2.45) is 5.92 Å². The molecule has 0 saturated carbocycles. The molecule has 1 heterocycles. The van der Waals surface area contributed by atoms with E-state index in [2.05, 4.69) is 11.4 Å². The van der Waals surface area contributed by atoms with Crippen molar-refractivity contribution in [1.82, 2.24) is 5.32 Å². The molecule has 0 saturated heterocycles. The Morgan fingerprint density at radius 2 is 2.05 bits per heavy atom. The molecule has 2 atom stereocenters. The number of rotatable bonds is 3. The molecule has 3 rings (SSSR count). The van der Waals surface area contributed by atoms with Crippen LogP contribution in [0.3, 0.4) is 0 Å². The number of hydrogen-bond donors (Lipinski definition) is 1. The van der Waals surface area contributed by atoms with Crippen molar-refractivity contribution in [3.63, 3.8) is 0 Å². The molecule has 2 unspecified atom stereocenters. The molecule has 2 aromatic carbocycles. The third-order valence-corrected chi connectivity index (χ3v) is 4.25. The van der Waals surface area contributed by atoms with Gasteiger partial charge in [-0.25, -0.2) is 4.39 Å². The summed E-state index contributed by atoms with van der Waals surface area (Å²) in [6.45, 7) is 2.44. The van der Waals surface area contributed by atoms with Gasteiger partial charge in [0, 0.05) is 12.0 Å². The number of hydrogen-bond acceptors (Lipinski definition) is 2. The molecule has 0 amide bonds. The van der Waals surface area contributed by atoms with Crippen LogP contribution < -0.4 is 10.1 Å². The lowest BCUT2D eigenvalue weighted by atomic mass is 9.86. The van der Waals surface area contributed by atoms with Crippen LogP contribution in [0.4, 0.5) is 4.39 Å². The molecule has 0 radical (unpaired) electrons. The minimum Gasteiger partial charge on any atom is -0.493 e. The summed E-state index contributed by atoms with van der Waals surface area (Å²) in [7, 11) is 1.92. The Kier molecular flexibility index (Phi) is 3.93. The average Bonchev–Trinajstić information content (AvgIpc) is 2.51. The minimum atomic E-state index is -0.148. The molecule has 1 aliphatic heterocycles. The van der Waals surface area contributed by atoms with Crippen LogP contribution in [0, 0.1) is 18.7 Å². The second kappa shape index (κ2) is 5.86. The van der Waals surface area contributed by atoms with Gasteiger partial charge in [-0.05, 0) is 49.2 Å². The predicted molar refractivity (Wildman–Crippen MR) is 82.1 cm³/mol. The summed E-state index contributed by atoms with van der Waals surface area (Å²) in [6, 6.07) is 13.7. The summed E-state index contributed by atoms with van der Waals surface area (Å²) in [6.07, 6.45) is 0.942. The van der Waals surface area contributed by atoms with E-state index in [0.29, 0.717) is 18.1 Å². The number of benzene rings is 2. The van der Waals surface area contributed by atoms with Gasteiger partial charge in [-0.2, -0.15) is 0 Å². The first-order chi connectivity index (χ1) is 10.2. The lowest BCUT2D eigenvalue weighted by molar-refractivity contribution is 0.188. The molecule has 3 heteroatoms. The summed E-state index contributed by atoms with van der Waals surface area (Å²) in [4.78, 5) is 0. The van der Waals surface area contributed by atoms with Crippen LogP contribution in [-0.2, 0) is 6.42 Å². The Morgan fingerprint density at radius 3 is 2.81 bits per heavy atom. The molecule has 0 spiro atoms. The number of nitrogens with one attached hydrogen (secondary N) is 1. The second-order valence-corrected chi connectivity index (χ2v) is 5.66. The molecule has 0 aliphatic carbocycles. The zero-order chi connectivity index (χ0) is 14.8. The fourth-order valence-corrected chi connectivity index (χ4v) is 3.04. The van der Waals surface area contributed by atoms with Crippen LogP contribution in [0.25, 0.3) is 0 Å². The van der Waals surface area contributed by atoms with E-state index in [0.717, 1.165) is 17.7 Å². The lowest BCUT2D eigenvalue weighted by Gasteiger charge is -2.32. The Morgan fingerprint density at radius 1 is 1.24 bits per heavy atom. The van der Waals surface area contributed by atoms with Crippen LogP contribution in [0.2, 0.25) is 0 Å². The van der Waals surface area contributed by atoms with E-state index in [1.54, 1.807) is 13.0 Å². The fourth-order valence-electron chi connectivity index (χ4n) is 3.04. The van der Waals surface area contributed by atoms with Gasteiger partial charge in [0.05, 0.1) is 6.61 Å². The van der Waals surface area contributed by atoms with Crippen molar-refractivity contribution in [2.75, 3.05) is 13.7 Å². The largest absolute Gasteiger partial charge is 0.493 e. The van der Waals surface area contributed by atoms with Crippen molar-refractivity contribution < 1.29 is 9.13 Å². The van der Waals surface area contributed by atoms with E-state index in [9.17, 15) is 4.39 Å². The summed E-state index contributed by atoms with van der Waals surface area (Å²) in [5, 5.41) is 3.32. The highest BCUT2D eigenvalue weighted by Crippen LogP contribution is 2.33. The van der Waals surface area contributed by atoms with Crippen LogP contribution in [0.5, 0.6) is 5.75 Å². The summed E-state index contributed by atoms with van der Waals surface area (Å²) >= 11 is 0. The number of para-hydroxylation sites is 1. The first-order valence-electron chi connectivity index (χ1n) is 7.33. The summed E-state index contributed by atoms with van der Waals surface area (Å²) in [5.74, 6) is 1.12. The number of ether oxygens (including phenoxy) is 1. The monoisotopic (exact) mass is 285 g/mol. The SMILES string of the molecule is CNC(c1ccc(C)c(F)c1)C1COc2ccccc2C1. The van der Waals surface area contributed by atoms with Gasteiger partial charge in [0.1, 0.15) is 11.6 Å². The van der Waals surface area contributed by atoms with Crippen LogP contribution in [0.15, 0.2) is 42.5 Å². The molecule has 110 valence electrons. The van der Waals surface area contributed by atoms with E-state index in [-0.39, 0.29) is 11.9 Å². The molecule has 2 nitrogen and oxygen atoms in total. The topological polar surface area (TPSA) is 21.3 Å². The minimum absolute atomic E-state index is 0.0912. The van der Waals surface area contributed by atoms with Crippen molar-refractivity contribution >= 4 is 0 Å². The maximum absolute atomic E-state index is 13.8. The highest BCUT2D eigenvalue weighted by Gasteiger charge is 2.27. The molecule has 1 N–H and O–H groups in total. The van der Waals surface area contributed by atoms with Gasteiger partial charge in [0.2, 0.25) is 0 Å².